The second-order valence-electron chi connectivity index (χ2n) is 2.28. The summed E-state index contributed by atoms with van der Waals surface area (Å²) >= 11 is 5.11. The number of amides is 1. The third kappa shape index (κ3) is 4.92. The van der Waals surface area contributed by atoms with Crippen LogP contribution in [0.4, 0.5) is 17.6 Å². The van der Waals surface area contributed by atoms with E-state index in [1.54, 1.807) is 5.32 Å². The van der Waals surface area contributed by atoms with Gasteiger partial charge in [0.1, 0.15) is 0 Å². The molecule has 0 rings (SSSR count). The number of nitrogens with one attached hydrogen (secondary N) is 1. The fraction of sp³-hybridized carbons (Fsp3) is 0.833. The van der Waals surface area contributed by atoms with Crippen LogP contribution in [-0.4, -0.2) is 30.7 Å². The van der Waals surface area contributed by atoms with E-state index in [0.29, 0.717) is 0 Å². The summed E-state index contributed by atoms with van der Waals surface area (Å²) in [6, 6.07) is 0. The summed E-state index contributed by atoms with van der Waals surface area (Å²) in [7, 11) is 0. The van der Waals surface area contributed by atoms with Gasteiger partial charge in [0, 0.05) is 12.3 Å². The molecule has 0 aromatic rings. The fourth-order valence-electron chi connectivity index (χ4n) is 0.468. The van der Waals surface area contributed by atoms with E-state index < -0.39 is 24.8 Å². The molecule has 0 aliphatic carbocycles. The lowest BCUT2D eigenvalue weighted by Crippen LogP contribution is -2.41. The van der Waals surface area contributed by atoms with Crippen molar-refractivity contribution in [1.29, 1.82) is 0 Å². The number of halogens is 5. The molecule has 2 nitrogen and oxygen atoms in total. The molecule has 78 valence electrons. The zero-order valence-electron chi connectivity index (χ0n) is 6.50. The van der Waals surface area contributed by atoms with Crippen LogP contribution in [0.25, 0.3) is 0 Å². The van der Waals surface area contributed by atoms with Crippen LogP contribution in [0, 0.1) is 0 Å². The lowest BCUT2D eigenvalue weighted by atomic mass is 10.3. The SMILES string of the molecule is O=C(CCCl)NCC(F)(F)C(F)F. The van der Waals surface area contributed by atoms with Crippen molar-refractivity contribution < 1.29 is 22.4 Å². The highest BCUT2D eigenvalue weighted by molar-refractivity contribution is 6.18. The standard InChI is InChI=1S/C6H8ClF4NO/c7-2-1-4(13)12-3-6(10,11)5(8)9/h5H,1-3H2,(H,12,13). The zero-order chi connectivity index (χ0) is 10.5. The largest absolute Gasteiger partial charge is 0.350 e. The van der Waals surface area contributed by atoms with E-state index in [-0.39, 0.29) is 12.3 Å². The Morgan fingerprint density at radius 3 is 2.38 bits per heavy atom. The Bertz CT molecular complexity index is 176. The number of hydrogen-bond donors (Lipinski definition) is 1. The Labute approximate surface area is 77.2 Å². The summed E-state index contributed by atoms with van der Waals surface area (Å²) in [5, 5.41) is 1.65. The summed E-state index contributed by atoms with van der Waals surface area (Å²) in [5.74, 6) is -4.98. The maximum atomic E-state index is 12.1. The van der Waals surface area contributed by atoms with Crippen molar-refractivity contribution in [3.8, 4) is 0 Å². The van der Waals surface area contributed by atoms with Gasteiger partial charge >= 0.3 is 12.3 Å². The molecule has 0 radical (unpaired) electrons. The Hall–Kier alpha value is -0.520. The van der Waals surface area contributed by atoms with Gasteiger partial charge < -0.3 is 5.32 Å². The number of alkyl halides is 5. The lowest BCUT2D eigenvalue weighted by Gasteiger charge is -2.15. The van der Waals surface area contributed by atoms with Gasteiger partial charge in [-0.2, -0.15) is 8.78 Å². The number of carbonyl (C=O) groups is 1. The van der Waals surface area contributed by atoms with Crippen molar-refractivity contribution in [1.82, 2.24) is 5.32 Å². The molecule has 0 fully saturated rings. The van der Waals surface area contributed by atoms with E-state index in [2.05, 4.69) is 0 Å². The average molecular weight is 222 g/mol. The van der Waals surface area contributed by atoms with Crippen LogP contribution >= 0.6 is 11.6 Å². The highest BCUT2D eigenvalue weighted by Crippen LogP contribution is 2.21. The highest BCUT2D eigenvalue weighted by atomic mass is 35.5. The Morgan fingerprint density at radius 2 is 2.00 bits per heavy atom. The minimum absolute atomic E-state index is 0.0356. The molecule has 0 aromatic heterocycles. The molecular formula is C6H8ClF4NO. The van der Waals surface area contributed by atoms with E-state index in [9.17, 15) is 22.4 Å². The first-order valence-corrected chi connectivity index (χ1v) is 3.92. The van der Waals surface area contributed by atoms with Crippen molar-refractivity contribution in [2.24, 2.45) is 0 Å². The van der Waals surface area contributed by atoms with Gasteiger partial charge in [0.15, 0.2) is 0 Å². The molecule has 0 aromatic carbocycles. The average Bonchev–Trinajstić information content (AvgIpc) is 2.01. The van der Waals surface area contributed by atoms with Crippen LogP contribution in [0.3, 0.4) is 0 Å². The van der Waals surface area contributed by atoms with Crippen LogP contribution in [-0.2, 0) is 4.79 Å². The predicted molar refractivity (Wildman–Crippen MR) is 39.3 cm³/mol. The third-order valence-electron chi connectivity index (χ3n) is 1.16. The van der Waals surface area contributed by atoms with Crippen LogP contribution in [0.5, 0.6) is 0 Å². The van der Waals surface area contributed by atoms with Gasteiger partial charge in [-0.1, -0.05) is 0 Å². The van der Waals surface area contributed by atoms with Crippen LogP contribution < -0.4 is 5.32 Å². The Kier molecular flexibility index (Phi) is 5.05. The summed E-state index contributed by atoms with van der Waals surface area (Å²) in [6.45, 7) is -1.36. The van der Waals surface area contributed by atoms with Gasteiger partial charge in [-0.3, -0.25) is 4.79 Å². The molecule has 0 aliphatic heterocycles. The predicted octanol–water partition coefficient (Wildman–Crippen LogP) is 1.63. The first kappa shape index (κ1) is 12.5. The maximum absolute atomic E-state index is 12.1. The molecular weight excluding hydrogens is 214 g/mol. The van der Waals surface area contributed by atoms with E-state index in [1.165, 1.54) is 0 Å². The first-order valence-electron chi connectivity index (χ1n) is 3.39. The van der Waals surface area contributed by atoms with Gasteiger partial charge in [0.25, 0.3) is 0 Å². The fourth-order valence-corrected chi connectivity index (χ4v) is 0.639. The summed E-state index contributed by atoms with van der Waals surface area (Å²) < 4.78 is 47.3. The monoisotopic (exact) mass is 221 g/mol. The molecule has 0 aliphatic rings. The lowest BCUT2D eigenvalue weighted by molar-refractivity contribution is -0.136. The number of rotatable bonds is 5. The molecule has 0 atom stereocenters. The van der Waals surface area contributed by atoms with E-state index in [0.717, 1.165) is 0 Å². The van der Waals surface area contributed by atoms with Crippen molar-refractivity contribution in [3.63, 3.8) is 0 Å². The second-order valence-corrected chi connectivity index (χ2v) is 2.66. The summed E-state index contributed by atoms with van der Waals surface area (Å²) in [6.07, 6.45) is -3.94. The third-order valence-corrected chi connectivity index (χ3v) is 1.35. The highest BCUT2D eigenvalue weighted by Gasteiger charge is 2.40. The smallest absolute Gasteiger partial charge is 0.324 e. The minimum atomic E-state index is -4.18. The molecule has 13 heavy (non-hydrogen) atoms. The number of hydrogen-bond acceptors (Lipinski definition) is 1. The molecule has 1 N–H and O–H groups in total. The van der Waals surface area contributed by atoms with Crippen molar-refractivity contribution >= 4 is 17.5 Å². The Balaban J connectivity index is 3.81. The quantitative estimate of drug-likeness (QED) is 0.555. The Morgan fingerprint density at radius 1 is 1.46 bits per heavy atom. The van der Waals surface area contributed by atoms with Gasteiger partial charge in [-0.15, -0.1) is 11.6 Å². The summed E-state index contributed by atoms with van der Waals surface area (Å²) in [4.78, 5) is 10.5. The van der Waals surface area contributed by atoms with Crippen molar-refractivity contribution in [3.05, 3.63) is 0 Å². The first-order chi connectivity index (χ1) is 5.90. The van der Waals surface area contributed by atoms with Crippen LogP contribution in [0.15, 0.2) is 0 Å². The second kappa shape index (κ2) is 5.26. The molecule has 0 spiro atoms. The molecule has 0 saturated carbocycles. The van der Waals surface area contributed by atoms with Crippen LogP contribution in [0.1, 0.15) is 6.42 Å². The normalized spacial score (nSPS) is 11.8. The summed E-state index contributed by atoms with van der Waals surface area (Å²) in [5.41, 5.74) is 0. The molecule has 1 amide bonds. The van der Waals surface area contributed by atoms with E-state index in [4.69, 9.17) is 11.6 Å². The molecule has 0 bridgehead atoms. The van der Waals surface area contributed by atoms with Gasteiger partial charge in [0.2, 0.25) is 5.91 Å². The van der Waals surface area contributed by atoms with Gasteiger partial charge in [-0.05, 0) is 0 Å². The molecule has 0 heterocycles. The molecule has 7 heteroatoms. The van der Waals surface area contributed by atoms with E-state index >= 15 is 0 Å². The molecule has 0 unspecified atom stereocenters. The number of carbonyl (C=O) groups excluding carboxylic acids is 1. The topological polar surface area (TPSA) is 29.1 Å². The van der Waals surface area contributed by atoms with E-state index in [1.807, 2.05) is 0 Å². The zero-order valence-corrected chi connectivity index (χ0v) is 7.25. The minimum Gasteiger partial charge on any atom is -0.350 e. The maximum Gasteiger partial charge on any atom is 0.324 e. The van der Waals surface area contributed by atoms with Crippen molar-refractivity contribution in [2.75, 3.05) is 12.4 Å². The van der Waals surface area contributed by atoms with Crippen molar-refractivity contribution in [2.45, 2.75) is 18.8 Å². The van der Waals surface area contributed by atoms with Gasteiger partial charge in [-0.25, -0.2) is 8.78 Å². The van der Waals surface area contributed by atoms with Gasteiger partial charge in [0.05, 0.1) is 6.54 Å². The molecule has 0 saturated heterocycles. The van der Waals surface area contributed by atoms with Crippen LogP contribution in [0.2, 0.25) is 0 Å².